The van der Waals surface area contributed by atoms with E-state index >= 15 is 0 Å². The summed E-state index contributed by atoms with van der Waals surface area (Å²) in [5, 5.41) is 3.38. The van der Waals surface area contributed by atoms with Crippen LogP contribution in [0.3, 0.4) is 0 Å². The molecule has 1 heterocycles. The molecular weight excluding hydrogens is 227 g/mol. The van der Waals surface area contributed by atoms with E-state index in [0.717, 1.165) is 30.9 Å². The van der Waals surface area contributed by atoms with Gasteiger partial charge in [0.05, 0.1) is 5.69 Å². The van der Waals surface area contributed by atoms with Gasteiger partial charge < -0.3 is 10.2 Å². The first-order valence-corrected chi connectivity index (χ1v) is 6.94. The average Bonchev–Trinajstić information content (AvgIpc) is 2.37. The number of hydrogen-bond acceptors (Lipinski definition) is 2. The quantitative estimate of drug-likeness (QED) is 0.882. The summed E-state index contributed by atoms with van der Waals surface area (Å²) in [7, 11) is 0. The molecule has 1 aromatic carbocycles. The van der Waals surface area contributed by atoms with Crippen molar-refractivity contribution in [1.29, 1.82) is 0 Å². The molecule has 18 heavy (non-hydrogen) atoms. The average molecular weight is 250 g/mol. The van der Waals surface area contributed by atoms with Gasteiger partial charge in [-0.1, -0.05) is 26.0 Å². The molecule has 0 aliphatic carbocycles. The molecule has 0 bridgehead atoms. The summed E-state index contributed by atoms with van der Waals surface area (Å²) in [6.45, 7) is 6.92. The largest absolute Gasteiger partial charge is 0.369 e. The minimum Gasteiger partial charge on any atom is -0.369 e. The fourth-order valence-corrected chi connectivity index (χ4v) is 2.49. The monoisotopic (exact) mass is 250 g/mol. The predicted molar refractivity (Wildman–Crippen MR) is 74.4 cm³/mol. The van der Waals surface area contributed by atoms with Gasteiger partial charge in [0.1, 0.15) is 5.82 Å². The summed E-state index contributed by atoms with van der Waals surface area (Å²) < 4.78 is 14.1. The van der Waals surface area contributed by atoms with Crippen LogP contribution in [0.1, 0.15) is 38.7 Å². The van der Waals surface area contributed by atoms with Gasteiger partial charge in [0.25, 0.3) is 0 Å². The van der Waals surface area contributed by atoms with Crippen molar-refractivity contribution in [1.82, 2.24) is 5.32 Å². The van der Waals surface area contributed by atoms with E-state index in [2.05, 4.69) is 24.1 Å². The maximum atomic E-state index is 14.1. The van der Waals surface area contributed by atoms with E-state index in [-0.39, 0.29) is 5.82 Å². The lowest BCUT2D eigenvalue weighted by molar-refractivity contribution is 0.546. The minimum absolute atomic E-state index is 0.0834. The highest BCUT2D eigenvalue weighted by Gasteiger charge is 2.18. The molecule has 3 heteroatoms. The zero-order chi connectivity index (χ0) is 13.0. The summed E-state index contributed by atoms with van der Waals surface area (Å²) in [4.78, 5) is 2.20. The molecule has 0 unspecified atom stereocenters. The minimum atomic E-state index is -0.0834. The number of anilines is 1. The van der Waals surface area contributed by atoms with Gasteiger partial charge in [-0.25, -0.2) is 4.39 Å². The lowest BCUT2D eigenvalue weighted by Gasteiger charge is -2.31. The van der Waals surface area contributed by atoms with Gasteiger partial charge in [0, 0.05) is 25.7 Å². The molecule has 0 spiro atoms. The van der Waals surface area contributed by atoms with Crippen molar-refractivity contribution < 1.29 is 4.39 Å². The molecule has 1 aliphatic rings. The van der Waals surface area contributed by atoms with Crippen LogP contribution in [0.5, 0.6) is 0 Å². The summed E-state index contributed by atoms with van der Waals surface area (Å²) in [5.41, 5.74) is 1.89. The molecule has 100 valence electrons. The fraction of sp³-hybridized carbons (Fsp3) is 0.600. The van der Waals surface area contributed by atoms with Crippen LogP contribution in [0.2, 0.25) is 0 Å². The zero-order valence-electron chi connectivity index (χ0n) is 11.4. The van der Waals surface area contributed by atoms with Crippen LogP contribution < -0.4 is 10.2 Å². The summed E-state index contributed by atoms with van der Waals surface area (Å²) in [6.07, 6.45) is 3.61. The molecule has 1 aromatic rings. The highest BCUT2D eigenvalue weighted by molar-refractivity contribution is 5.55. The molecule has 1 saturated heterocycles. The number of nitrogens with zero attached hydrogens (tertiary/aromatic N) is 1. The van der Waals surface area contributed by atoms with Gasteiger partial charge in [-0.2, -0.15) is 0 Å². The summed E-state index contributed by atoms with van der Waals surface area (Å²) >= 11 is 0. The molecule has 1 N–H and O–H groups in total. The second-order valence-corrected chi connectivity index (χ2v) is 5.33. The summed E-state index contributed by atoms with van der Waals surface area (Å²) in [6, 6.07) is 5.83. The number of benzene rings is 1. The molecule has 0 atom stereocenters. The Morgan fingerprint density at radius 2 is 1.94 bits per heavy atom. The Morgan fingerprint density at radius 1 is 1.22 bits per heavy atom. The van der Waals surface area contributed by atoms with E-state index in [1.165, 1.54) is 19.3 Å². The lowest BCUT2D eigenvalue weighted by Crippen LogP contribution is -2.32. The molecule has 1 fully saturated rings. The van der Waals surface area contributed by atoms with Crippen molar-refractivity contribution in [3.63, 3.8) is 0 Å². The van der Waals surface area contributed by atoms with E-state index < -0.39 is 0 Å². The van der Waals surface area contributed by atoms with Crippen LogP contribution >= 0.6 is 0 Å². The number of halogens is 1. The number of piperidine rings is 1. The smallest absolute Gasteiger partial charge is 0.146 e. The molecular formula is C15H23FN2. The molecule has 2 rings (SSSR count). The second-order valence-electron chi connectivity index (χ2n) is 5.33. The van der Waals surface area contributed by atoms with Crippen LogP contribution in [0.15, 0.2) is 18.2 Å². The zero-order valence-corrected chi connectivity index (χ0v) is 11.4. The Hall–Kier alpha value is -1.09. The third-order valence-electron chi connectivity index (χ3n) is 3.44. The standard InChI is InChI=1S/C15H23FN2/c1-12(2)17-11-13-7-6-8-14(16)15(13)18-9-4-3-5-10-18/h6-8,12,17H,3-5,9-11H2,1-2H3. The third kappa shape index (κ3) is 3.22. The lowest BCUT2D eigenvalue weighted by atomic mass is 10.1. The fourth-order valence-electron chi connectivity index (χ4n) is 2.49. The first-order chi connectivity index (χ1) is 8.68. The van der Waals surface area contributed by atoms with E-state index in [1.807, 2.05) is 6.07 Å². The Bertz CT molecular complexity index is 384. The van der Waals surface area contributed by atoms with Crippen LogP contribution in [-0.2, 0) is 6.54 Å². The van der Waals surface area contributed by atoms with Gasteiger partial charge in [-0.3, -0.25) is 0 Å². The van der Waals surface area contributed by atoms with Gasteiger partial charge in [-0.05, 0) is 30.9 Å². The summed E-state index contributed by atoms with van der Waals surface area (Å²) in [5.74, 6) is -0.0834. The molecule has 1 aliphatic heterocycles. The van der Waals surface area contributed by atoms with Gasteiger partial charge in [0.2, 0.25) is 0 Å². The maximum Gasteiger partial charge on any atom is 0.146 e. The number of rotatable bonds is 4. The van der Waals surface area contributed by atoms with Crippen molar-refractivity contribution in [3.05, 3.63) is 29.6 Å². The molecule has 2 nitrogen and oxygen atoms in total. The SMILES string of the molecule is CC(C)NCc1cccc(F)c1N1CCCCC1. The van der Waals surface area contributed by atoms with Crippen LogP contribution in [0.25, 0.3) is 0 Å². The topological polar surface area (TPSA) is 15.3 Å². The van der Waals surface area contributed by atoms with Crippen LogP contribution in [0.4, 0.5) is 10.1 Å². The molecule has 0 aromatic heterocycles. The van der Waals surface area contributed by atoms with Crippen molar-refractivity contribution >= 4 is 5.69 Å². The molecule has 0 saturated carbocycles. The first kappa shape index (κ1) is 13.3. The van der Waals surface area contributed by atoms with Crippen molar-refractivity contribution in [3.8, 4) is 0 Å². The van der Waals surface area contributed by atoms with E-state index in [9.17, 15) is 4.39 Å². The Labute approximate surface area is 109 Å². The van der Waals surface area contributed by atoms with Gasteiger partial charge in [-0.15, -0.1) is 0 Å². The van der Waals surface area contributed by atoms with Gasteiger partial charge in [0.15, 0.2) is 0 Å². The predicted octanol–water partition coefficient (Wildman–Crippen LogP) is 3.31. The highest BCUT2D eigenvalue weighted by atomic mass is 19.1. The van der Waals surface area contributed by atoms with Crippen molar-refractivity contribution in [2.45, 2.75) is 45.7 Å². The van der Waals surface area contributed by atoms with Crippen molar-refractivity contribution in [2.24, 2.45) is 0 Å². The van der Waals surface area contributed by atoms with E-state index in [4.69, 9.17) is 0 Å². The second kappa shape index (κ2) is 6.19. The van der Waals surface area contributed by atoms with Crippen LogP contribution in [0, 0.1) is 5.82 Å². The highest BCUT2D eigenvalue weighted by Crippen LogP contribution is 2.27. The Kier molecular flexibility index (Phi) is 4.59. The molecule has 0 amide bonds. The van der Waals surface area contributed by atoms with Gasteiger partial charge >= 0.3 is 0 Å². The van der Waals surface area contributed by atoms with Crippen LogP contribution in [-0.4, -0.2) is 19.1 Å². The van der Waals surface area contributed by atoms with Crippen molar-refractivity contribution in [2.75, 3.05) is 18.0 Å². The Balaban J connectivity index is 2.19. The molecule has 0 radical (unpaired) electrons. The Morgan fingerprint density at radius 3 is 2.61 bits per heavy atom. The van der Waals surface area contributed by atoms with E-state index in [1.54, 1.807) is 12.1 Å². The maximum absolute atomic E-state index is 14.1. The third-order valence-corrected chi connectivity index (χ3v) is 3.44. The van der Waals surface area contributed by atoms with E-state index in [0.29, 0.717) is 6.04 Å². The number of para-hydroxylation sites is 1. The number of hydrogen-bond donors (Lipinski definition) is 1. The first-order valence-electron chi connectivity index (χ1n) is 6.94. The normalized spacial score (nSPS) is 16.3. The number of nitrogens with one attached hydrogen (secondary N) is 1.